The van der Waals surface area contributed by atoms with Gasteiger partial charge in [-0.1, -0.05) is 30.3 Å². The SMILES string of the molecule is N#CC1CCN(Cc2ccccc2)CC1Cl. The quantitative estimate of drug-likeness (QED) is 0.736. The second-order valence-corrected chi connectivity index (χ2v) is 4.82. The monoisotopic (exact) mass is 234 g/mol. The third-order valence-electron chi connectivity index (χ3n) is 3.04. The summed E-state index contributed by atoms with van der Waals surface area (Å²) in [4.78, 5) is 2.32. The van der Waals surface area contributed by atoms with E-state index < -0.39 is 0 Å². The van der Waals surface area contributed by atoms with Crippen LogP contribution in [0.2, 0.25) is 0 Å². The minimum Gasteiger partial charge on any atom is -0.298 e. The van der Waals surface area contributed by atoms with Crippen LogP contribution in [0.1, 0.15) is 12.0 Å². The maximum Gasteiger partial charge on any atom is 0.0672 e. The lowest BCUT2D eigenvalue weighted by Gasteiger charge is -2.32. The first kappa shape index (κ1) is 11.4. The number of alkyl halides is 1. The van der Waals surface area contributed by atoms with Crippen LogP contribution in [0, 0.1) is 17.2 Å². The van der Waals surface area contributed by atoms with Gasteiger partial charge in [-0.15, -0.1) is 11.6 Å². The number of halogens is 1. The Hall–Kier alpha value is -1.04. The van der Waals surface area contributed by atoms with Gasteiger partial charge >= 0.3 is 0 Å². The second kappa shape index (κ2) is 5.34. The Kier molecular flexibility index (Phi) is 3.82. The summed E-state index contributed by atoms with van der Waals surface area (Å²) in [7, 11) is 0. The van der Waals surface area contributed by atoms with Crippen molar-refractivity contribution in [2.24, 2.45) is 5.92 Å². The van der Waals surface area contributed by atoms with Gasteiger partial charge in [0, 0.05) is 13.1 Å². The van der Waals surface area contributed by atoms with Gasteiger partial charge in [-0.3, -0.25) is 4.90 Å². The standard InChI is InChI=1S/C13H15ClN2/c14-13-10-16(7-6-12(13)8-15)9-11-4-2-1-3-5-11/h1-5,12-13H,6-7,9-10H2. The van der Waals surface area contributed by atoms with E-state index in [1.807, 2.05) is 6.07 Å². The highest BCUT2D eigenvalue weighted by molar-refractivity contribution is 6.21. The van der Waals surface area contributed by atoms with E-state index in [2.05, 4.69) is 35.2 Å². The Morgan fingerprint density at radius 1 is 1.38 bits per heavy atom. The predicted octanol–water partition coefficient (Wildman–Crippen LogP) is 2.64. The number of nitriles is 1. The number of hydrogen-bond donors (Lipinski definition) is 0. The van der Waals surface area contributed by atoms with E-state index >= 15 is 0 Å². The Labute approximate surface area is 101 Å². The van der Waals surface area contributed by atoms with Crippen LogP contribution in [0.15, 0.2) is 30.3 Å². The van der Waals surface area contributed by atoms with Crippen LogP contribution < -0.4 is 0 Å². The molecule has 84 valence electrons. The lowest BCUT2D eigenvalue weighted by molar-refractivity contribution is 0.202. The maximum absolute atomic E-state index is 8.88. The van der Waals surface area contributed by atoms with E-state index in [1.165, 1.54) is 5.56 Å². The van der Waals surface area contributed by atoms with Crippen molar-refractivity contribution in [1.82, 2.24) is 4.90 Å². The zero-order chi connectivity index (χ0) is 11.4. The molecule has 1 aliphatic heterocycles. The molecule has 1 fully saturated rings. The minimum absolute atomic E-state index is 0.0219. The molecule has 16 heavy (non-hydrogen) atoms. The van der Waals surface area contributed by atoms with Gasteiger partial charge in [0.15, 0.2) is 0 Å². The Bertz CT molecular complexity index is 371. The van der Waals surface area contributed by atoms with Crippen molar-refractivity contribution in [1.29, 1.82) is 5.26 Å². The summed E-state index contributed by atoms with van der Waals surface area (Å²) in [5.74, 6) is 0.0219. The van der Waals surface area contributed by atoms with Crippen LogP contribution in [0.3, 0.4) is 0 Å². The number of nitrogens with zero attached hydrogens (tertiary/aromatic N) is 2. The molecule has 0 radical (unpaired) electrons. The topological polar surface area (TPSA) is 27.0 Å². The molecule has 0 bridgehead atoms. The molecule has 1 aromatic carbocycles. The zero-order valence-electron chi connectivity index (χ0n) is 9.14. The largest absolute Gasteiger partial charge is 0.298 e. The van der Waals surface area contributed by atoms with E-state index in [1.54, 1.807) is 0 Å². The Balaban J connectivity index is 1.92. The summed E-state index contributed by atoms with van der Waals surface area (Å²) in [6.45, 7) is 2.72. The fourth-order valence-corrected chi connectivity index (χ4v) is 2.48. The molecule has 2 nitrogen and oxygen atoms in total. The molecular formula is C13H15ClN2. The Morgan fingerprint density at radius 3 is 2.75 bits per heavy atom. The minimum atomic E-state index is -0.0255. The molecule has 0 saturated carbocycles. The third-order valence-corrected chi connectivity index (χ3v) is 3.48. The molecule has 2 atom stereocenters. The molecule has 1 aromatic rings. The van der Waals surface area contributed by atoms with Crippen molar-refractivity contribution in [2.75, 3.05) is 13.1 Å². The van der Waals surface area contributed by atoms with E-state index in [4.69, 9.17) is 16.9 Å². The van der Waals surface area contributed by atoms with Gasteiger partial charge in [-0.2, -0.15) is 5.26 Å². The van der Waals surface area contributed by atoms with Gasteiger partial charge in [0.05, 0.1) is 17.4 Å². The zero-order valence-corrected chi connectivity index (χ0v) is 9.90. The lowest BCUT2D eigenvalue weighted by Crippen LogP contribution is -2.40. The van der Waals surface area contributed by atoms with Crippen molar-refractivity contribution >= 4 is 11.6 Å². The molecule has 2 rings (SSSR count). The molecule has 1 aliphatic rings. The molecule has 0 N–H and O–H groups in total. The van der Waals surface area contributed by atoms with Gasteiger partial charge in [-0.05, 0) is 18.5 Å². The molecule has 1 heterocycles. The Morgan fingerprint density at radius 2 is 2.12 bits per heavy atom. The smallest absolute Gasteiger partial charge is 0.0672 e. The molecule has 1 saturated heterocycles. The lowest BCUT2D eigenvalue weighted by atomic mass is 9.97. The number of benzene rings is 1. The summed E-state index contributed by atoms with van der Waals surface area (Å²) in [5.41, 5.74) is 1.31. The van der Waals surface area contributed by atoms with E-state index in [0.717, 1.165) is 26.1 Å². The summed E-state index contributed by atoms with van der Waals surface area (Å²) in [5, 5.41) is 8.86. The highest BCUT2D eigenvalue weighted by atomic mass is 35.5. The van der Waals surface area contributed by atoms with Crippen LogP contribution in [0.4, 0.5) is 0 Å². The van der Waals surface area contributed by atoms with Crippen LogP contribution in [0.5, 0.6) is 0 Å². The first-order valence-corrected chi connectivity index (χ1v) is 6.03. The van der Waals surface area contributed by atoms with Crippen molar-refractivity contribution in [3.8, 4) is 6.07 Å². The van der Waals surface area contributed by atoms with Crippen LogP contribution in [-0.2, 0) is 6.54 Å². The van der Waals surface area contributed by atoms with Crippen molar-refractivity contribution in [2.45, 2.75) is 18.3 Å². The molecule has 2 unspecified atom stereocenters. The summed E-state index contributed by atoms with van der Waals surface area (Å²) in [6.07, 6.45) is 0.886. The molecule has 0 aliphatic carbocycles. The first-order chi connectivity index (χ1) is 7.79. The molecule has 0 aromatic heterocycles. The summed E-state index contributed by atoms with van der Waals surface area (Å²) in [6, 6.07) is 12.7. The van der Waals surface area contributed by atoms with Crippen molar-refractivity contribution in [3.05, 3.63) is 35.9 Å². The van der Waals surface area contributed by atoms with Crippen LogP contribution >= 0.6 is 11.6 Å². The van der Waals surface area contributed by atoms with Crippen LogP contribution in [0.25, 0.3) is 0 Å². The fourth-order valence-electron chi connectivity index (χ4n) is 2.10. The second-order valence-electron chi connectivity index (χ2n) is 4.26. The molecule has 0 amide bonds. The summed E-state index contributed by atoms with van der Waals surface area (Å²) < 4.78 is 0. The van der Waals surface area contributed by atoms with Gasteiger partial charge in [0.2, 0.25) is 0 Å². The van der Waals surface area contributed by atoms with Crippen LogP contribution in [-0.4, -0.2) is 23.4 Å². The predicted molar refractivity (Wildman–Crippen MR) is 65.1 cm³/mol. The van der Waals surface area contributed by atoms with Gasteiger partial charge in [0.1, 0.15) is 0 Å². The van der Waals surface area contributed by atoms with Gasteiger partial charge in [-0.25, -0.2) is 0 Å². The molecule has 3 heteroatoms. The number of likely N-dealkylation sites (tertiary alicyclic amines) is 1. The first-order valence-electron chi connectivity index (χ1n) is 5.59. The van der Waals surface area contributed by atoms with E-state index in [0.29, 0.717) is 0 Å². The van der Waals surface area contributed by atoms with Gasteiger partial charge in [0.25, 0.3) is 0 Å². The fraction of sp³-hybridized carbons (Fsp3) is 0.462. The third kappa shape index (κ3) is 2.75. The highest BCUT2D eigenvalue weighted by Crippen LogP contribution is 2.22. The highest BCUT2D eigenvalue weighted by Gasteiger charge is 2.27. The number of hydrogen-bond acceptors (Lipinski definition) is 2. The van der Waals surface area contributed by atoms with Gasteiger partial charge < -0.3 is 0 Å². The average molecular weight is 235 g/mol. The summed E-state index contributed by atoms with van der Waals surface area (Å²) >= 11 is 6.18. The number of piperidine rings is 1. The van der Waals surface area contributed by atoms with Crippen molar-refractivity contribution in [3.63, 3.8) is 0 Å². The van der Waals surface area contributed by atoms with Crippen molar-refractivity contribution < 1.29 is 0 Å². The average Bonchev–Trinajstić information content (AvgIpc) is 2.31. The molecule has 0 spiro atoms. The number of rotatable bonds is 2. The maximum atomic E-state index is 8.88. The van der Waals surface area contributed by atoms with E-state index in [9.17, 15) is 0 Å². The normalized spacial score (nSPS) is 26.2. The van der Waals surface area contributed by atoms with E-state index in [-0.39, 0.29) is 11.3 Å². The molecular weight excluding hydrogens is 220 g/mol.